The third-order valence-electron chi connectivity index (χ3n) is 3.61. The lowest BCUT2D eigenvalue weighted by atomic mass is 10.2. The van der Waals surface area contributed by atoms with Crippen LogP contribution in [0.5, 0.6) is 0 Å². The maximum atomic E-state index is 12.2. The second kappa shape index (κ2) is 9.47. The first-order valence-corrected chi connectivity index (χ1v) is 7.78. The molecule has 0 radical (unpaired) electrons. The zero-order chi connectivity index (χ0) is 16.8. The highest BCUT2D eigenvalue weighted by Crippen LogP contribution is 2.15. The van der Waals surface area contributed by atoms with Crippen LogP contribution in [0.3, 0.4) is 0 Å². The van der Waals surface area contributed by atoms with E-state index in [1.54, 1.807) is 12.3 Å². The van der Waals surface area contributed by atoms with E-state index in [4.69, 9.17) is 11.6 Å². The average molecular weight is 370 g/mol. The van der Waals surface area contributed by atoms with Gasteiger partial charge in [0.15, 0.2) is 0 Å². The lowest BCUT2D eigenvalue weighted by molar-refractivity contribution is 0.0949. The predicted molar refractivity (Wildman–Crippen MR) is 99.4 cm³/mol. The van der Waals surface area contributed by atoms with Crippen molar-refractivity contribution in [1.82, 2.24) is 15.2 Å². The second-order valence-corrected chi connectivity index (χ2v) is 5.78. The number of benzene rings is 1. The summed E-state index contributed by atoms with van der Waals surface area (Å²) in [6.07, 6.45) is 1.56. The number of aromatic nitrogens is 1. The van der Waals surface area contributed by atoms with Crippen LogP contribution < -0.4 is 16.2 Å². The highest BCUT2D eigenvalue weighted by atomic mass is 35.5. The molecule has 0 fully saturated rings. The van der Waals surface area contributed by atoms with Gasteiger partial charge < -0.3 is 15.2 Å². The van der Waals surface area contributed by atoms with Crippen LogP contribution in [0.25, 0.3) is 0 Å². The number of rotatable bonds is 6. The lowest BCUT2D eigenvalue weighted by Gasteiger charge is -2.13. The minimum atomic E-state index is -0.208. The number of carbonyl (C=O) groups is 1. The molecule has 24 heavy (non-hydrogen) atoms. The Balaban J connectivity index is 0.00000288. The first-order valence-electron chi connectivity index (χ1n) is 7.40. The van der Waals surface area contributed by atoms with Gasteiger partial charge in [0.2, 0.25) is 0 Å². The van der Waals surface area contributed by atoms with E-state index in [0.717, 1.165) is 5.56 Å². The molecule has 1 amide bonds. The molecule has 1 aromatic carbocycles. The van der Waals surface area contributed by atoms with Gasteiger partial charge in [-0.25, -0.2) is 0 Å². The number of hydrogen-bond donors (Lipinski definition) is 2. The molecule has 2 rings (SSSR count). The molecule has 0 aliphatic heterocycles. The summed E-state index contributed by atoms with van der Waals surface area (Å²) in [4.78, 5) is 24.2. The van der Waals surface area contributed by atoms with Gasteiger partial charge in [0.05, 0.1) is 12.1 Å². The molecule has 130 valence electrons. The number of likely N-dealkylation sites (N-methyl/N-ethyl adjacent to an activating group) is 1. The third kappa shape index (κ3) is 5.37. The molecule has 1 unspecified atom stereocenters. The number of pyridine rings is 1. The fraction of sp³-hybridized carbons (Fsp3) is 0.294. The van der Waals surface area contributed by atoms with Gasteiger partial charge in [-0.3, -0.25) is 9.59 Å². The van der Waals surface area contributed by atoms with Crippen molar-refractivity contribution in [1.29, 1.82) is 0 Å². The molecule has 0 saturated heterocycles. The van der Waals surface area contributed by atoms with Gasteiger partial charge in [0.25, 0.3) is 11.5 Å². The quantitative estimate of drug-likeness (QED) is 0.820. The Kier molecular flexibility index (Phi) is 7.98. The van der Waals surface area contributed by atoms with E-state index in [-0.39, 0.29) is 29.9 Å². The Bertz CT molecular complexity index is 747. The van der Waals surface area contributed by atoms with Gasteiger partial charge in [-0.05, 0) is 31.7 Å². The van der Waals surface area contributed by atoms with Gasteiger partial charge in [-0.1, -0.05) is 29.8 Å². The third-order valence-corrected chi connectivity index (χ3v) is 3.97. The molecule has 0 saturated carbocycles. The van der Waals surface area contributed by atoms with E-state index < -0.39 is 0 Å². The van der Waals surface area contributed by atoms with E-state index in [0.29, 0.717) is 23.7 Å². The van der Waals surface area contributed by atoms with Crippen LogP contribution in [0, 0.1) is 0 Å². The Morgan fingerprint density at radius 1 is 1.25 bits per heavy atom. The Morgan fingerprint density at radius 3 is 2.62 bits per heavy atom. The van der Waals surface area contributed by atoms with Crippen molar-refractivity contribution in [2.75, 3.05) is 13.6 Å². The van der Waals surface area contributed by atoms with Crippen LogP contribution in [0.15, 0.2) is 47.4 Å². The number of amides is 1. The van der Waals surface area contributed by atoms with Crippen LogP contribution in [0.4, 0.5) is 0 Å². The van der Waals surface area contributed by atoms with Crippen molar-refractivity contribution >= 4 is 29.9 Å². The molecule has 2 aromatic rings. The second-order valence-electron chi connectivity index (χ2n) is 5.38. The van der Waals surface area contributed by atoms with E-state index in [2.05, 4.69) is 10.6 Å². The van der Waals surface area contributed by atoms with Gasteiger partial charge in [-0.2, -0.15) is 0 Å². The first-order chi connectivity index (χ1) is 11.0. The SMILES string of the molecule is CNC(C)CNC(=O)c1ccc(=O)n(Cc2ccccc2Cl)c1.Cl. The summed E-state index contributed by atoms with van der Waals surface area (Å²) in [6.45, 7) is 2.81. The monoisotopic (exact) mass is 369 g/mol. The summed E-state index contributed by atoms with van der Waals surface area (Å²) in [6, 6.07) is 10.4. The van der Waals surface area contributed by atoms with Crippen molar-refractivity contribution in [3.63, 3.8) is 0 Å². The molecule has 5 nitrogen and oxygen atoms in total. The van der Waals surface area contributed by atoms with Crippen molar-refractivity contribution < 1.29 is 4.79 Å². The number of nitrogens with one attached hydrogen (secondary N) is 2. The topological polar surface area (TPSA) is 63.1 Å². The molecule has 1 heterocycles. The van der Waals surface area contributed by atoms with Crippen LogP contribution in [-0.2, 0) is 6.54 Å². The van der Waals surface area contributed by atoms with Crippen molar-refractivity contribution in [3.05, 3.63) is 69.1 Å². The Hall–Kier alpha value is -1.82. The summed E-state index contributed by atoms with van der Waals surface area (Å²) in [7, 11) is 1.83. The van der Waals surface area contributed by atoms with Gasteiger partial charge in [-0.15, -0.1) is 12.4 Å². The van der Waals surface area contributed by atoms with Gasteiger partial charge in [0, 0.05) is 29.9 Å². The molecule has 0 aliphatic carbocycles. The summed E-state index contributed by atoms with van der Waals surface area (Å²) >= 11 is 6.13. The molecule has 0 aliphatic rings. The Morgan fingerprint density at radius 2 is 1.96 bits per heavy atom. The fourth-order valence-electron chi connectivity index (χ4n) is 2.05. The van der Waals surface area contributed by atoms with Crippen molar-refractivity contribution in [2.24, 2.45) is 0 Å². The highest BCUT2D eigenvalue weighted by Gasteiger charge is 2.09. The first kappa shape index (κ1) is 20.2. The number of halogens is 2. The van der Waals surface area contributed by atoms with Crippen molar-refractivity contribution in [3.8, 4) is 0 Å². The molecule has 1 atom stereocenters. The molecule has 0 bridgehead atoms. The standard InChI is InChI=1S/C17H20ClN3O2.ClH/c1-12(19-2)9-20-17(23)14-7-8-16(22)21(11-14)10-13-5-3-4-6-15(13)18;/h3-8,11-12,19H,9-10H2,1-2H3,(H,20,23);1H. The lowest BCUT2D eigenvalue weighted by Crippen LogP contribution is -2.37. The normalized spacial score (nSPS) is 11.5. The fourth-order valence-corrected chi connectivity index (χ4v) is 2.24. The Labute approximate surface area is 152 Å². The van der Waals surface area contributed by atoms with E-state index in [9.17, 15) is 9.59 Å². The van der Waals surface area contributed by atoms with Crippen LogP contribution in [0.2, 0.25) is 5.02 Å². The maximum absolute atomic E-state index is 12.2. The minimum Gasteiger partial charge on any atom is -0.350 e. The molecule has 0 spiro atoms. The molecule has 2 N–H and O–H groups in total. The minimum absolute atomic E-state index is 0. The summed E-state index contributed by atoms with van der Waals surface area (Å²) in [5, 5.41) is 6.47. The highest BCUT2D eigenvalue weighted by molar-refractivity contribution is 6.31. The molecule has 1 aromatic heterocycles. The molecular weight excluding hydrogens is 349 g/mol. The largest absolute Gasteiger partial charge is 0.350 e. The van der Waals surface area contributed by atoms with Crippen LogP contribution >= 0.6 is 24.0 Å². The number of carbonyl (C=O) groups excluding carboxylic acids is 1. The summed E-state index contributed by atoms with van der Waals surface area (Å²) < 4.78 is 1.48. The van der Waals surface area contributed by atoms with Crippen LogP contribution in [0.1, 0.15) is 22.8 Å². The molecule has 7 heteroatoms. The molecular formula is C17H21Cl2N3O2. The zero-order valence-electron chi connectivity index (χ0n) is 13.6. The van der Waals surface area contributed by atoms with Crippen molar-refractivity contribution in [2.45, 2.75) is 19.5 Å². The van der Waals surface area contributed by atoms with Gasteiger partial charge >= 0.3 is 0 Å². The van der Waals surface area contributed by atoms with E-state index >= 15 is 0 Å². The van der Waals surface area contributed by atoms with E-state index in [1.165, 1.54) is 16.7 Å². The smallest absolute Gasteiger partial charge is 0.252 e. The predicted octanol–water partition coefficient (Wildman–Crippen LogP) is 2.31. The van der Waals surface area contributed by atoms with Gasteiger partial charge in [0.1, 0.15) is 0 Å². The van der Waals surface area contributed by atoms with E-state index in [1.807, 2.05) is 32.2 Å². The summed E-state index contributed by atoms with van der Waals surface area (Å²) in [5.41, 5.74) is 1.10. The zero-order valence-corrected chi connectivity index (χ0v) is 15.2. The number of hydrogen-bond acceptors (Lipinski definition) is 3. The average Bonchev–Trinajstić information content (AvgIpc) is 2.56. The summed E-state index contributed by atoms with van der Waals surface area (Å²) in [5.74, 6) is -0.208. The number of nitrogens with zero attached hydrogens (tertiary/aromatic N) is 1. The maximum Gasteiger partial charge on any atom is 0.252 e. The van der Waals surface area contributed by atoms with Crippen LogP contribution in [-0.4, -0.2) is 30.1 Å².